The second kappa shape index (κ2) is 9.77. The van der Waals surface area contributed by atoms with Gasteiger partial charge in [-0.15, -0.1) is 11.8 Å². The van der Waals surface area contributed by atoms with Gasteiger partial charge in [-0.2, -0.15) is 0 Å². The van der Waals surface area contributed by atoms with E-state index in [0.717, 1.165) is 37.3 Å². The van der Waals surface area contributed by atoms with Crippen LogP contribution in [0.4, 0.5) is 0 Å². The van der Waals surface area contributed by atoms with Crippen LogP contribution < -0.4 is 15.6 Å². The van der Waals surface area contributed by atoms with E-state index in [1.54, 1.807) is 23.3 Å². The minimum Gasteiger partial charge on any atom is -0.393 e. The number of primary amides is 1. The first-order valence-electron chi connectivity index (χ1n) is 11.4. The van der Waals surface area contributed by atoms with Crippen LogP contribution in [-0.4, -0.2) is 61.6 Å². The van der Waals surface area contributed by atoms with Gasteiger partial charge in [-0.05, 0) is 37.8 Å². The van der Waals surface area contributed by atoms with Crippen molar-refractivity contribution in [1.82, 2.24) is 14.8 Å². The van der Waals surface area contributed by atoms with E-state index in [9.17, 15) is 19.5 Å². The number of nitrogens with zero attached hydrogens (tertiary/aromatic N) is 3. The molecule has 180 valence electrons. The van der Waals surface area contributed by atoms with Crippen LogP contribution in [0, 0.1) is 11.8 Å². The Bertz CT molecular complexity index is 980. The first kappa shape index (κ1) is 24.3. The van der Waals surface area contributed by atoms with E-state index in [4.69, 9.17) is 17.3 Å². The van der Waals surface area contributed by atoms with Crippen LogP contribution in [-0.2, 0) is 27.5 Å². The molecule has 0 aliphatic carbocycles. The van der Waals surface area contributed by atoms with Crippen LogP contribution >= 0.6 is 23.4 Å². The molecule has 0 aromatic carbocycles. The highest BCUT2D eigenvalue weighted by molar-refractivity contribution is 8.03. The van der Waals surface area contributed by atoms with Gasteiger partial charge < -0.3 is 21.1 Å². The van der Waals surface area contributed by atoms with Gasteiger partial charge in [0.2, 0.25) is 12.2 Å². The van der Waals surface area contributed by atoms with Crippen molar-refractivity contribution in [3.05, 3.63) is 29.3 Å². The lowest BCUT2D eigenvalue weighted by molar-refractivity contribution is -0.683. The standard InChI is InChI=1S/C22H30ClN5O4S/c1-12-18-17(13(2)29)22(32)28(18)19(21(23)31)20(12)33-15-8-14(25-9-15)4-3-5-26-6-7-27(11-26)10-16(24)30/h6-7,11-15,17-18,25,29H,3-5,8-10H2,1-2H3,(H-,24,30)/p+1/t12-,13-,14-,15+,17-,18-/m1/s1. The zero-order valence-corrected chi connectivity index (χ0v) is 20.4. The number of imidazole rings is 1. The summed E-state index contributed by atoms with van der Waals surface area (Å²) in [6.07, 6.45) is 7.89. The molecule has 2 saturated heterocycles. The third kappa shape index (κ3) is 4.84. The summed E-state index contributed by atoms with van der Waals surface area (Å²) >= 11 is 7.54. The fourth-order valence-electron chi connectivity index (χ4n) is 5.30. The van der Waals surface area contributed by atoms with Crippen LogP contribution in [0.5, 0.6) is 0 Å². The number of amides is 2. The third-order valence-corrected chi connectivity index (χ3v) is 8.51. The number of β-lactam (4-membered cyclic amide) rings is 1. The van der Waals surface area contributed by atoms with Crippen LogP contribution in [0.3, 0.4) is 0 Å². The molecule has 1 aromatic heterocycles. The van der Waals surface area contributed by atoms with Crippen LogP contribution in [0.25, 0.3) is 0 Å². The Morgan fingerprint density at radius 3 is 2.88 bits per heavy atom. The molecule has 4 N–H and O–H groups in total. The number of nitrogens with one attached hydrogen (secondary N) is 1. The third-order valence-electron chi connectivity index (χ3n) is 6.82. The summed E-state index contributed by atoms with van der Waals surface area (Å²) in [6.45, 7) is 5.50. The summed E-state index contributed by atoms with van der Waals surface area (Å²) in [7, 11) is 0. The van der Waals surface area contributed by atoms with Crippen molar-refractivity contribution in [2.24, 2.45) is 17.6 Å². The van der Waals surface area contributed by atoms with E-state index in [-0.39, 0.29) is 30.3 Å². The second-order valence-corrected chi connectivity index (χ2v) is 10.9. The topological polar surface area (TPSA) is 122 Å². The van der Waals surface area contributed by atoms with Gasteiger partial charge in [0.1, 0.15) is 18.1 Å². The van der Waals surface area contributed by atoms with Gasteiger partial charge in [0, 0.05) is 28.7 Å². The lowest BCUT2D eigenvalue weighted by Gasteiger charge is -2.46. The van der Waals surface area contributed by atoms with Crippen molar-refractivity contribution in [3.8, 4) is 0 Å². The number of aliphatic hydroxyl groups is 1. The Kier molecular flexibility index (Phi) is 7.18. The Labute approximate surface area is 202 Å². The summed E-state index contributed by atoms with van der Waals surface area (Å²) in [4.78, 5) is 38.1. The minimum atomic E-state index is -0.750. The number of carbonyl (C=O) groups excluding carboxylic acids is 3. The molecule has 0 radical (unpaired) electrons. The molecule has 0 bridgehead atoms. The summed E-state index contributed by atoms with van der Waals surface area (Å²) < 4.78 is 3.82. The maximum Gasteiger partial charge on any atom is 0.269 e. The van der Waals surface area contributed by atoms with Crippen molar-refractivity contribution in [1.29, 1.82) is 0 Å². The Morgan fingerprint density at radius 1 is 1.45 bits per heavy atom. The van der Waals surface area contributed by atoms with E-state index >= 15 is 0 Å². The molecule has 3 aliphatic rings. The van der Waals surface area contributed by atoms with Gasteiger partial charge in [-0.3, -0.25) is 14.4 Å². The number of hydrogen-bond acceptors (Lipinski definition) is 6. The zero-order valence-electron chi connectivity index (χ0n) is 18.8. The number of nitrogens with two attached hydrogens (primary N) is 1. The Hall–Kier alpha value is -1.88. The van der Waals surface area contributed by atoms with E-state index in [1.807, 2.05) is 30.2 Å². The first-order valence-corrected chi connectivity index (χ1v) is 12.6. The van der Waals surface area contributed by atoms with Crippen molar-refractivity contribution in [2.75, 3.05) is 6.54 Å². The highest BCUT2D eigenvalue weighted by atomic mass is 35.5. The predicted octanol–water partition coefficient (Wildman–Crippen LogP) is 0.339. The highest BCUT2D eigenvalue weighted by Crippen LogP contribution is 2.52. The fraction of sp³-hybridized carbons (Fsp3) is 0.636. The number of rotatable bonds is 10. The summed E-state index contributed by atoms with van der Waals surface area (Å²) in [5, 5.41) is 13.3. The van der Waals surface area contributed by atoms with Crippen LogP contribution in [0.1, 0.15) is 33.1 Å². The molecule has 0 saturated carbocycles. The van der Waals surface area contributed by atoms with Gasteiger partial charge in [0.05, 0.1) is 24.6 Å². The molecule has 2 fully saturated rings. The number of aryl methyl sites for hydroxylation is 1. The van der Waals surface area contributed by atoms with Crippen molar-refractivity contribution in [2.45, 2.75) is 69.6 Å². The molecule has 9 nitrogen and oxygen atoms in total. The number of halogens is 1. The average Bonchev–Trinajstić information content (AvgIpc) is 3.41. The fourth-order valence-corrected chi connectivity index (χ4v) is 7.07. The molecule has 0 unspecified atom stereocenters. The maximum absolute atomic E-state index is 12.5. The normalized spacial score (nSPS) is 29.9. The van der Waals surface area contributed by atoms with Crippen molar-refractivity contribution in [3.63, 3.8) is 0 Å². The van der Waals surface area contributed by atoms with Gasteiger partial charge >= 0.3 is 0 Å². The smallest absolute Gasteiger partial charge is 0.269 e. The van der Waals surface area contributed by atoms with Crippen molar-refractivity contribution < 1.29 is 24.1 Å². The zero-order chi connectivity index (χ0) is 23.9. The van der Waals surface area contributed by atoms with Gasteiger partial charge in [-0.25, -0.2) is 9.13 Å². The summed E-state index contributed by atoms with van der Waals surface area (Å²) in [5.74, 6) is -1.08. The first-order chi connectivity index (χ1) is 15.7. The number of fused-ring (bicyclic) bond motifs is 1. The molecule has 33 heavy (non-hydrogen) atoms. The van der Waals surface area contributed by atoms with Crippen LogP contribution in [0.2, 0.25) is 0 Å². The largest absolute Gasteiger partial charge is 0.393 e. The molecule has 6 atom stereocenters. The quantitative estimate of drug-likeness (QED) is 0.244. The maximum atomic E-state index is 12.5. The Balaban J connectivity index is 1.31. The van der Waals surface area contributed by atoms with E-state index in [0.29, 0.717) is 17.0 Å². The summed E-state index contributed by atoms with van der Waals surface area (Å²) in [5.41, 5.74) is 5.53. The number of carbonyl (C=O) groups is 3. The molecule has 4 rings (SSSR count). The number of hydrogen-bond donors (Lipinski definition) is 3. The Morgan fingerprint density at radius 2 is 2.21 bits per heavy atom. The SMILES string of the molecule is C[C@@H](O)[C@H]1C(=O)N2C(C(=O)Cl)=C(S[C@@H]3CN[C@H](CCCn4cc[n+](CC(N)=O)c4)C3)[C@H](C)[C@H]12. The minimum absolute atomic E-state index is 0.0233. The molecular formula is C22H31ClN5O4S+. The van der Waals surface area contributed by atoms with Crippen molar-refractivity contribution >= 4 is 40.4 Å². The molecule has 2 amide bonds. The van der Waals surface area contributed by atoms with E-state index < -0.39 is 17.3 Å². The number of thioether (sulfide) groups is 1. The lowest BCUT2D eigenvalue weighted by Crippen LogP contribution is -2.63. The van der Waals surface area contributed by atoms with E-state index in [2.05, 4.69) is 5.32 Å². The predicted molar refractivity (Wildman–Crippen MR) is 124 cm³/mol. The number of aromatic nitrogens is 2. The van der Waals surface area contributed by atoms with Crippen LogP contribution in [0.15, 0.2) is 29.3 Å². The molecular weight excluding hydrogens is 466 g/mol. The molecule has 0 spiro atoms. The molecule has 11 heteroatoms. The molecule has 3 aliphatic heterocycles. The van der Waals surface area contributed by atoms with Gasteiger partial charge in [-0.1, -0.05) is 6.92 Å². The van der Waals surface area contributed by atoms with E-state index in [1.165, 1.54) is 4.90 Å². The molecule has 4 heterocycles. The van der Waals surface area contributed by atoms with Gasteiger partial charge in [0.25, 0.3) is 11.1 Å². The summed E-state index contributed by atoms with van der Waals surface area (Å²) in [6, 6.07) is 0.189. The van der Waals surface area contributed by atoms with Gasteiger partial charge in [0.15, 0.2) is 6.54 Å². The lowest BCUT2D eigenvalue weighted by atomic mass is 9.79. The number of allylic oxidation sites excluding steroid dienone is 1. The number of aliphatic hydroxyl groups excluding tert-OH is 1. The monoisotopic (exact) mass is 496 g/mol. The average molecular weight is 497 g/mol. The second-order valence-electron chi connectivity index (χ2n) is 9.25. The molecule has 1 aromatic rings. The highest BCUT2D eigenvalue weighted by Gasteiger charge is 2.59.